The van der Waals surface area contributed by atoms with Crippen LogP contribution in [0.15, 0.2) is 18.3 Å². The fourth-order valence-electron chi connectivity index (χ4n) is 1.01. The van der Waals surface area contributed by atoms with E-state index in [1.165, 1.54) is 19.4 Å². The second-order valence-corrected chi connectivity index (χ2v) is 2.73. The Hall–Kier alpha value is -1.62. The Morgan fingerprint density at radius 3 is 3.00 bits per heavy atom. The lowest BCUT2D eigenvalue weighted by molar-refractivity contribution is -0.139. The van der Waals surface area contributed by atoms with Crippen LogP contribution in [-0.2, 0) is 4.79 Å². The van der Waals surface area contributed by atoms with Crippen molar-refractivity contribution in [2.45, 2.75) is 12.5 Å². The summed E-state index contributed by atoms with van der Waals surface area (Å²) in [7, 11) is 1.49. The van der Waals surface area contributed by atoms with E-state index < -0.39 is 12.1 Å². The molecule has 1 rings (SSSR count). The average Bonchev–Trinajstić information content (AvgIpc) is 2.17. The van der Waals surface area contributed by atoms with Crippen LogP contribution in [-0.4, -0.2) is 28.3 Å². The highest BCUT2D eigenvalue weighted by Gasteiger charge is 2.13. The second kappa shape index (κ2) is 4.57. The minimum absolute atomic E-state index is 0.298. The number of aliphatic carboxylic acids is 1. The maximum Gasteiger partial charge on any atom is 0.306 e. The van der Waals surface area contributed by atoms with Crippen molar-refractivity contribution in [1.29, 1.82) is 0 Å². The topological polar surface area (TPSA) is 79.7 Å². The zero-order valence-electron chi connectivity index (χ0n) is 7.67. The second-order valence-electron chi connectivity index (χ2n) is 2.73. The molecule has 1 aromatic rings. The normalized spacial score (nSPS) is 12.1. The van der Waals surface area contributed by atoms with Crippen LogP contribution >= 0.6 is 0 Å². The van der Waals surface area contributed by atoms with Crippen LogP contribution in [0.1, 0.15) is 18.2 Å². The van der Waals surface area contributed by atoms with Crippen molar-refractivity contribution >= 4 is 5.97 Å². The van der Waals surface area contributed by atoms with Crippen LogP contribution in [0, 0.1) is 0 Å². The van der Waals surface area contributed by atoms with Gasteiger partial charge in [-0.1, -0.05) is 0 Å². The summed E-state index contributed by atoms with van der Waals surface area (Å²) in [5, 5.41) is 17.9. The number of aliphatic hydroxyl groups is 1. The van der Waals surface area contributed by atoms with E-state index in [0.29, 0.717) is 11.4 Å². The van der Waals surface area contributed by atoms with Gasteiger partial charge in [-0.2, -0.15) is 0 Å². The Bertz CT molecular complexity index is 326. The lowest BCUT2D eigenvalue weighted by Gasteiger charge is -2.08. The Morgan fingerprint density at radius 2 is 2.43 bits per heavy atom. The lowest BCUT2D eigenvalue weighted by atomic mass is 10.1. The smallest absolute Gasteiger partial charge is 0.306 e. The number of hydrogen-bond acceptors (Lipinski definition) is 4. The summed E-state index contributed by atoms with van der Waals surface area (Å²) in [6.07, 6.45) is 0.00182. The molecule has 0 spiro atoms. The minimum Gasteiger partial charge on any atom is -0.497 e. The van der Waals surface area contributed by atoms with Gasteiger partial charge in [-0.25, -0.2) is 0 Å². The van der Waals surface area contributed by atoms with Crippen molar-refractivity contribution in [2.24, 2.45) is 0 Å². The van der Waals surface area contributed by atoms with E-state index >= 15 is 0 Å². The molecule has 0 aliphatic heterocycles. The van der Waals surface area contributed by atoms with Gasteiger partial charge in [0.05, 0.1) is 19.2 Å². The summed E-state index contributed by atoms with van der Waals surface area (Å²) in [5.41, 5.74) is 0.298. The minimum atomic E-state index is -1.09. The first-order valence-corrected chi connectivity index (χ1v) is 4.03. The molecule has 1 heterocycles. The van der Waals surface area contributed by atoms with Crippen LogP contribution in [0.5, 0.6) is 5.75 Å². The quantitative estimate of drug-likeness (QED) is 0.738. The summed E-state index contributed by atoms with van der Waals surface area (Å²) in [4.78, 5) is 14.2. The van der Waals surface area contributed by atoms with Gasteiger partial charge in [0.2, 0.25) is 0 Å². The average molecular weight is 197 g/mol. The summed E-state index contributed by atoms with van der Waals surface area (Å²) in [5.74, 6) is -0.526. The molecule has 2 N–H and O–H groups in total. The molecule has 0 saturated carbocycles. The third-order valence-electron chi connectivity index (χ3n) is 1.70. The van der Waals surface area contributed by atoms with Gasteiger partial charge in [0.1, 0.15) is 11.9 Å². The predicted octanol–water partition coefficient (Wildman–Crippen LogP) is 0.598. The zero-order valence-corrected chi connectivity index (χ0v) is 7.67. The number of methoxy groups -OCH3 is 1. The van der Waals surface area contributed by atoms with Crippen LogP contribution in [0.4, 0.5) is 0 Å². The molecule has 0 aliphatic rings. The third-order valence-corrected chi connectivity index (χ3v) is 1.70. The molecule has 76 valence electrons. The molecule has 0 aromatic carbocycles. The zero-order chi connectivity index (χ0) is 10.6. The number of rotatable bonds is 4. The first-order chi connectivity index (χ1) is 6.63. The maximum absolute atomic E-state index is 10.3. The number of carboxylic acids is 1. The van der Waals surface area contributed by atoms with Crippen molar-refractivity contribution in [1.82, 2.24) is 4.98 Å². The van der Waals surface area contributed by atoms with Crippen molar-refractivity contribution < 1.29 is 19.7 Å². The molecule has 0 saturated heterocycles. The Kier molecular flexibility index (Phi) is 3.41. The molecule has 0 aliphatic carbocycles. The van der Waals surface area contributed by atoms with E-state index in [1.54, 1.807) is 6.07 Å². The van der Waals surface area contributed by atoms with Gasteiger partial charge >= 0.3 is 5.97 Å². The van der Waals surface area contributed by atoms with Gasteiger partial charge in [-0.05, 0) is 6.07 Å². The molecular weight excluding hydrogens is 186 g/mol. The van der Waals surface area contributed by atoms with Gasteiger partial charge < -0.3 is 14.9 Å². The first kappa shape index (κ1) is 10.5. The summed E-state index contributed by atoms with van der Waals surface area (Å²) < 4.78 is 4.91. The molecule has 1 aromatic heterocycles. The lowest BCUT2D eigenvalue weighted by Crippen LogP contribution is -2.07. The molecule has 0 bridgehead atoms. The van der Waals surface area contributed by atoms with Gasteiger partial charge in [0, 0.05) is 12.3 Å². The highest BCUT2D eigenvalue weighted by molar-refractivity contribution is 5.67. The Labute approximate surface area is 81.0 Å². The number of nitrogens with zero attached hydrogens (tertiary/aromatic N) is 1. The van der Waals surface area contributed by atoms with Crippen molar-refractivity contribution in [3.8, 4) is 5.75 Å². The number of carbonyl (C=O) groups is 1. The number of aromatic nitrogens is 1. The largest absolute Gasteiger partial charge is 0.497 e. The number of pyridine rings is 1. The molecular formula is C9H11NO4. The standard InChI is InChI=1S/C9H11NO4/c1-14-6-2-3-10-7(4-6)8(11)5-9(12)13/h2-4,8,11H,5H2,1H3,(H,12,13). The van der Waals surface area contributed by atoms with Gasteiger partial charge in [0.25, 0.3) is 0 Å². The van der Waals surface area contributed by atoms with Crippen LogP contribution in [0.2, 0.25) is 0 Å². The van der Waals surface area contributed by atoms with Gasteiger partial charge in [0.15, 0.2) is 0 Å². The summed E-state index contributed by atoms with van der Waals surface area (Å²) in [6, 6.07) is 3.13. The van der Waals surface area contributed by atoms with Crippen LogP contribution in [0.25, 0.3) is 0 Å². The summed E-state index contributed by atoms with van der Waals surface area (Å²) in [6.45, 7) is 0. The SMILES string of the molecule is COc1ccnc(C(O)CC(=O)O)c1. The fourth-order valence-corrected chi connectivity index (χ4v) is 1.01. The van der Waals surface area contributed by atoms with E-state index in [-0.39, 0.29) is 6.42 Å². The molecule has 1 unspecified atom stereocenters. The highest BCUT2D eigenvalue weighted by atomic mass is 16.5. The third kappa shape index (κ3) is 2.70. The van der Waals surface area contributed by atoms with Crippen LogP contribution in [0.3, 0.4) is 0 Å². The number of ether oxygens (including phenoxy) is 1. The Balaban J connectivity index is 2.78. The maximum atomic E-state index is 10.3. The molecule has 0 amide bonds. The fraction of sp³-hybridized carbons (Fsp3) is 0.333. The molecule has 1 atom stereocenters. The van der Waals surface area contributed by atoms with E-state index in [0.717, 1.165) is 0 Å². The number of carboxylic acid groups (broad SMARTS) is 1. The van der Waals surface area contributed by atoms with E-state index in [1.807, 2.05) is 0 Å². The molecule has 5 nitrogen and oxygen atoms in total. The highest BCUT2D eigenvalue weighted by Crippen LogP contribution is 2.18. The number of hydrogen-bond donors (Lipinski definition) is 2. The monoisotopic (exact) mass is 197 g/mol. The number of aliphatic hydroxyl groups excluding tert-OH is 1. The van der Waals surface area contributed by atoms with E-state index in [4.69, 9.17) is 9.84 Å². The first-order valence-electron chi connectivity index (χ1n) is 4.03. The van der Waals surface area contributed by atoms with Gasteiger partial charge in [-0.3, -0.25) is 9.78 Å². The van der Waals surface area contributed by atoms with Crippen molar-refractivity contribution in [3.05, 3.63) is 24.0 Å². The van der Waals surface area contributed by atoms with Crippen molar-refractivity contribution in [3.63, 3.8) is 0 Å². The van der Waals surface area contributed by atoms with E-state index in [2.05, 4.69) is 4.98 Å². The van der Waals surface area contributed by atoms with Crippen molar-refractivity contribution in [2.75, 3.05) is 7.11 Å². The molecule has 0 radical (unpaired) electrons. The molecule has 0 fully saturated rings. The van der Waals surface area contributed by atoms with E-state index in [9.17, 15) is 9.90 Å². The van der Waals surface area contributed by atoms with Crippen LogP contribution < -0.4 is 4.74 Å². The summed E-state index contributed by atoms with van der Waals surface area (Å²) >= 11 is 0. The predicted molar refractivity (Wildman–Crippen MR) is 48.0 cm³/mol. The van der Waals surface area contributed by atoms with Gasteiger partial charge in [-0.15, -0.1) is 0 Å². The Morgan fingerprint density at radius 1 is 1.71 bits per heavy atom. The molecule has 5 heteroatoms. The molecule has 14 heavy (non-hydrogen) atoms.